The van der Waals surface area contributed by atoms with E-state index in [0.29, 0.717) is 0 Å². The minimum absolute atomic E-state index is 0.825. The molecule has 63 heteroatoms. The number of carboxylic acids is 1. The van der Waals surface area contributed by atoms with Crippen LogP contribution in [-0.4, -0.2) is 603 Å². The molecule has 11 aliphatic heterocycles. The maximum absolute atomic E-state index is 13.6. The number of hydrogen-bond donors (Lipinski definition) is 36. The second-order valence-corrected chi connectivity index (χ2v) is 36.0. The van der Waals surface area contributed by atoms with Gasteiger partial charge in [-0.2, -0.15) is 0 Å². The van der Waals surface area contributed by atoms with Gasteiger partial charge in [0.1, 0.15) is 256 Å². The highest BCUT2D eigenvalue weighted by atomic mass is 16.8. The first kappa shape index (κ1) is 117. The van der Waals surface area contributed by atoms with Crippen LogP contribution in [0.5, 0.6) is 0 Å². The fourth-order valence-electron chi connectivity index (χ4n) is 18.4. The summed E-state index contributed by atoms with van der Waals surface area (Å²) in [7, 11) is 0. The lowest BCUT2D eigenvalue weighted by Gasteiger charge is -2.52. The van der Waals surface area contributed by atoms with Crippen molar-refractivity contribution in [3.05, 3.63) is 0 Å². The molecule has 0 aromatic rings. The largest absolute Gasteiger partial charge is 0.477 e. The quantitative estimate of drug-likeness (QED) is 0.0273. The standard InChI is InChI=1S/C79H131N5O58/c1-18-40(100)51(111)55(115)72(124-18)122-17-34-60(49(109)36(68(119)125-34)81-20(3)94)134-69-37(82-21(4)95)50(110)59(32(15-92)132-69)135-74-57(117)64(48(108)33(133-74)16-123-76-66(53(113)43(103)27(10-87)130-76)139-70-38(83-22(5)96)61(45(105)29(12-89)126-70)136-73-56(116)52(112)42(102)26(9-86)128-73)138-77-67(54(114)44(104)28(11-88)131-77)140-71-39(84-23(6)97)62(46(106)30(13-90)127-71)137-75-58(118)65(47(107)31(14-91)129-75)142-79(78(120)121)7-24(98)35(80-19(2)93)63(141-79)41(101)25(99)8-85/h18,24-77,85-92,98-119H,7-17H2,1-6H3,(H,80,93)(H,81,94)(H,82,95)(H,83,96)(H,84,97)(H,120,121)/t18-,24-,25+,26+,27+,28+,29+,30+,31+,32+,33+,34+,35+,36+,37+,38+,39+,40+,41+,42-,43+,44+,45+,46+,47-,48+,49+,50+,51+,52-,53-,54-,55-,56+,57-,58+,59+,60+,61+,62+,63+,64-,65-,66-,67-,68?,69-,70-,71-,72+,73-,74-,75-,76-,77+,79-/m0/s1. The van der Waals surface area contributed by atoms with Gasteiger partial charge in [-0.3, -0.25) is 24.0 Å². The monoisotopic (exact) mass is 2080 g/mol. The molecule has 0 radical (unpaired) electrons. The molecule has 0 aromatic carbocycles. The van der Waals surface area contributed by atoms with Gasteiger partial charge in [0.05, 0.1) is 84.3 Å². The van der Waals surface area contributed by atoms with Crippen LogP contribution in [0.25, 0.3) is 0 Å². The summed E-state index contributed by atoms with van der Waals surface area (Å²) in [4.78, 5) is 78.5. The maximum atomic E-state index is 13.6. The predicted octanol–water partition coefficient (Wildman–Crippen LogP) is -24.0. The predicted molar refractivity (Wildman–Crippen MR) is 436 cm³/mol. The number of carboxylic acid groups (broad SMARTS) is 1. The van der Waals surface area contributed by atoms with Gasteiger partial charge in [0, 0.05) is 41.0 Å². The van der Waals surface area contributed by atoms with Crippen LogP contribution in [0, 0.1) is 0 Å². The molecule has 63 nitrogen and oxygen atoms in total. The third-order valence-corrected chi connectivity index (χ3v) is 25.9. The maximum Gasteiger partial charge on any atom is 0.364 e. The molecular formula is C79H131N5O58. The minimum Gasteiger partial charge on any atom is -0.477 e. The first-order valence-electron chi connectivity index (χ1n) is 45.1. The van der Waals surface area contributed by atoms with Crippen LogP contribution < -0.4 is 26.6 Å². The molecular weight excluding hydrogens is 1950 g/mol. The molecule has 5 amide bonds. The van der Waals surface area contributed by atoms with Crippen LogP contribution >= 0.6 is 0 Å². The zero-order valence-electron chi connectivity index (χ0n) is 76.4. The van der Waals surface area contributed by atoms with E-state index in [2.05, 4.69) is 26.6 Å². The highest BCUT2D eigenvalue weighted by Crippen LogP contribution is 2.44. The smallest absolute Gasteiger partial charge is 0.364 e. The van der Waals surface area contributed by atoms with Crippen LogP contribution in [0.1, 0.15) is 48.0 Å². The number of nitrogens with one attached hydrogen (secondary N) is 5. The summed E-state index contributed by atoms with van der Waals surface area (Å²) in [6, 6.07) is -9.90. The average Bonchev–Trinajstić information content (AvgIpc) is 0.748. The van der Waals surface area contributed by atoms with Crippen molar-refractivity contribution >= 4 is 35.5 Å². The Morgan fingerprint density at radius 1 is 0.303 bits per heavy atom. The van der Waals surface area contributed by atoms with Gasteiger partial charge in [0.15, 0.2) is 62.9 Å². The third kappa shape index (κ3) is 25.8. The van der Waals surface area contributed by atoms with E-state index in [-0.39, 0.29) is 0 Å². The van der Waals surface area contributed by atoms with Crippen LogP contribution in [0.2, 0.25) is 0 Å². The second-order valence-electron chi connectivity index (χ2n) is 36.0. The lowest BCUT2D eigenvalue weighted by molar-refractivity contribution is -0.401. The summed E-state index contributed by atoms with van der Waals surface area (Å²) in [6.45, 7) is -6.31. The summed E-state index contributed by atoms with van der Waals surface area (Å²) in [6.07, 6.45) is -112. The number of rotatable bonds is 38. The van der Waals surface area contributed by atoms with Gasteiger partial charge in [-0.05, 0) is 6.92 Å². The molecule has 11 rings (SSSR count). The van der Waals surface area contributed by atoms with Crippen molar-refractivity contribution in [2.24, 2.45) is 0 Å². The fourth-order valence-corrected chi connectivity index (χ4v) is 18.4. The first-order chi connectivity index (χ1) is 67.0. The first-order valence-corrected chi connectivity index (χ1v) is 45.1. The molecule has 11 heterocycles. The van der Waals surface area contributed by atoms with Crippen LogP contribution in [0.3, 0.4) is 0 Å². The molecule has 0 aliphatic carbocycles. The van der Waals surface area contributed by atoms with E-state index < -0.39 is 451 Å². The highest BCUT2D eigenvalue weighted by molar-refractivity contribution is 5.77. The number of aliphatic carboxylic acids is 1. The number of carbonyl (C=O) groups excluding carboxylic acids is 5. The number of aliphatic hydroxyl groups excluding tert-OH is 30. The lowest BCUT2D eigenvalue weighted by atomic mass is 9.88. The van der Waals surface area contributed by atoms with E-state index >= 15 is 0 Å². The van der Waals surface area contributed by atoms with E-state index in [1.54, 1.807) is 0 Å². The Labute approximate surface area is 803 Å². The molecule has 142 heavy (non-hydrogen) atoms. The van der Waals surface area contributed by atoms with Gasteiger partial charge in [-0.25, -0.2) is 4.79 Å². The van der Waals surface area contributed by atoms with E-state index in [4.69, 9.17) is 99.5 Å². The summed E-state index contributed by atoms with van der Waals surface area (Å²) in [5.41, 5.74) is 0. The van der Waals surface area contributed by atoms with E-state index in [0.717, 1.165) is 34.6 Å². The zero-order chi connectivity index (χ0) is 105. The summed E-state index contributed by atoms with van der Waals surface area (Å²) < 4.78 is 126. The van der Waals surface area contributed by atoms with Crippen LogP contribution in [-0.2, 0) is 128 Å². The fraction of sp³-hybridized carbons (Fsp3) is 0.924. The lowest BCUT2D eigenvalue weighted by Crippen LogP contribution is -2.72. The van der Waals surface area contributed by atoms with Crippen molar-refractivity contribution in [3.63, 3.8) is 0 Å². The summed E-state index contributed by atoms with van der Waals surface area (Å²) in [5.74, 6) is -10.6. The van der Waals surface area contributed by atoms with Gasteiger partial charge >= 0.3 is 5.97 Å². The molecule has 0 bridgehead atoms. The Morgan fingerprint density at radius 3 is 1.12 bits per heavy atom. The van der Waals surface area contributed by atoms with Gasteiger partial charge in [0.2, 0.25) is 29.5 Å². The average molecular weight is 2080 g/mol. The Hall–Kier alpha value is -5.22. The Balaban J connectivity index is 0.946. The summed E-state index contributed by atoms with van der Waals surface area (Å²) in [5, 5.41) is 362. The third-order valence-electron chi connectivity index (χ3n) is 25.9. The molecule has 11 fully saturated rings. The molecule has 56 atom stereocenters. The van der Waals surface area contributed by atoms with Crippen molar-refractivity contribution < 1.29 is 287 Å². The van der Waals surface area contributed by atoms with E-state index in [1.807, 2.05) is 0 Å². The highest BCUT2D eigenvalue weighted by Gasteiger charge is 2.65. The van der Waals surface area contributed by atoms with Gasteiger partial charge in [-0.1, -0.05) is 0 Å². The molecule has 36 N–H and O–H groups in total. The number of ether oxygens (including phenoxy) is 21. The van der Waals surface area contributed by atoms with E-state index in [9.17, 15) is 187 Å². The molecule has 11 aliphatic rings. The van der Waals surface area contributed by atoms with Crippen molar-refractivity contribution in [1.29, 1.82) is 0 Å². The number of aliphatic hydroxyl groups is 30. The number of carbonyl (C=O) groups is 6. The normalized spacial score (nSPS) is 48.0. The van der Waals surface area contributed by atoms with Crippen molar-refractivity contribution in [1.82, 2.24) is 26.6 Å². The molecule has 1 unspecified atom stereocenters. The number of amides is 5. The molecule has 11 saturated heterocycles. The Kier molecular flexibility index (Phi) is 41.7. The minimum atomic E-state index is -3.39. The zero-order valence-corrected chi connectivity index (χ0v) is 76.4. The SMILES string of the molecule is CC(=O)N[C@H]1[C@H](O[C@H]2[C@H](O)[C@@H](NC(C)=O)C(O)O[C@@H]2CO[C@@H]2O[C@@H](C)[C@@H](O)[C@@H](O)[C@@H]2O)O[C@H](CO)[C@@H](O[C@@H]2O[C@H](CO[C@H]3O[C@H](CO)[C@@H](O)[C@H](O)[C@@H]3O[C@@H]3O[C@H](CO)[C@@H](O)[C@H](O[C@@H]4O[C@H](CO)[C@H](O)[C@H](O)[C@H]4O)[C@H]3NC(C)=O)[C@@H](O)[C@H](O[C@H]3O[C@H](CO)[C@@H](O)[C@H](O)[C@@H]3O[C@@H]3O[C@H](CO)[C@@H](O)[C@H](O[C@@H]4O[C@H](CO)[C@H](O)[C@H](O[C@]5(C(=O)O)C[C@H](O)[C@@H](NC(C)=O)[C@H]([C@H](O)[C@H](O)CO)O5)[C@H]4O)[C@H]3NC(C)=O)[C@@H]2O)[C@@H]1O. The Morgan fingerprint density at radius 2 is 0.634 bits per heavy atom. The molecule has 820 valence electrons. The molecule has 0 aromatic heterocycles. The van der Waals surface area contributed by atoms with Gasteiger partial charge in [-0.15, -0.1) is 0 Å². The summed E-state index contributed by atoms with van der Waals surface area (Å²) >= 11 is 0. The van der Waals surface area contributed by atoms with Crippen molar-refractivity contribution in [2.75, 3.05) is 66.1 Å². The number of hydrogen-bond acceptors (Lipinski definition) is 57. The van der Waals surface area contributed by atoms with Crippen LogP contribution in [0.15, 0.2) is 0 Å². The Bertz CT molecular complexity index is 4010. The van der Waals surface area contributed by atoms with Crippen molar-refractivity contribution in [2.45, 2.75) is 391 Å². The second kappa shape index (κ2) is 50.6. The van der Waals surface area contributed by atoms with Gasteiger partial charge < -0.3 is 284 Å². The van der Waals surface area contributed by atoms with Crippen molar-refractivity contribution in [3.8, 4) is 0 Å². The molecule has 0 saturated carbocycles. The topological polar surface area (TPSA) is 984 Å². The molecule has 0 spiro atoms. The van der Waals surface area contributed by atoms with Gasteiger partial charge in [0.25, 0.3) is 5.79 Å². The van der Waals surface area contributed by atoms with E-state index in [1.165, 1.54) is 6.92 Å². The van der Waals surface area contributed by atoms with Crippen LogP contribution in [0.4, 0.5) is 0 Å².